The average Bonchev–Trinajstić information content (AvgIpc) is 1.74. The number of carbonyl (C=O) groups excluding carboxylic acids is 7. The number of alkyl carbamates (subject to hydrolysis) is 1. The fourth-order valence-corrected chi connectivity index (χ4v) is 16.4. The molecule has 0 aliphatic heterocycles. The van der Waals surface area contributed by atoms with Crippen molar-refractivity contribution in [2.75, 3.05) is 71.3 Å². The summed E-state index contributed by atoms with van der Waals surface area (Å²) in [6, 6.07) is 31.6. The van der Waals surface area contributed by atoms with Crippen molar-refractivity contribution in [2.45, 2.75) is 203 Å². The van der Waals surface area contributed by atoms with Gasteiger partial charge in [0.2, 0.25) is 0 Å². The Morgan fingerprint density at radius 1 is 0.543 bits per heavy atom. The molecule has 8 aromatic rings. The van der Waals surface area contributed by atoms with Crippen molar-refractivity contribution in [2.24, 2.45) is 0 Å². The van der Waals surface area contributed by atoms with E-state index in [2.05, 4.69) is 159 Å². The predicted octanol–water partition coefficient (Wildman–Crippen LogP) is 12.9. The van der Waals surface area contributed by atoms with Crippen molar-refractivity contribution in [3.8, 4) is 39.9 Å². The minimum Gasteiger partial charge on any atom is -1.00 e. The molecule has 43 heteroatoms. The van der Waals surface area contributed by atoms with Crippen LogP contribution in [0.25, 0.3) is 28.2 Å². The Morgan fingerprint density at radius 3 is 1.26 bits per heavy atom. The molecular formula is C95H130BBr4Cl6K4NO23S4. The number of esters is 2. The van der Waals surface area contributed by atoms with E-state index in [4.69, 9.17) is 116 Å². The van der Waals surface area contributed by atoms with E-state index in [0.29, 0.717) is 73.8 Å². The third-order valence-corrected chi connectivity index (χ3v) is 23.7. The third-order valence-electron chi connectivity index (χ3n) is 16.8. The quantitative estimate of drug-likeness (QED) is 0.00931. The zero-order chi connectivity index (χ0) is 103. The van der Waals surface area contributed by atoms with Gasteiger partial charge in [-0.25, -0.2) is 4.79 Å². The van der Waals surface area contributed by atoms with Crippen LogP contribution in [0, 0.1) is 0 Å². The van der Waals surface area contributed by atoms with Gasteiger partial charge in [0.25, 0.3) is 12.9 Å². The standard InChI is InChI=1S/C21H22BrNO3.C15H21ClO3.C15H21ClO2S2.C14H19ClO3.C12H15ClO2.C11H13ClO2.C3H8OS2.C2H6O.2CH2O3.BBr3.ClH.4K.2H/c1-21(2,3)26-20(24)23-13-14-5-4-6-16(9-14)18-11-15(12-22)10-17-7-8-25-19(17)18;1-6-19-14(17)8-10-7-12(16)11(15(2,3)4)9-13(10)18-5;1-15(2,3)11-9-13(18-4)10(7-12(11)16)8-14(19-5)20(6)17;1-5-18-13(17)7-9-6-11(15)10(8-12(9)16)14(2,3)4;1-12(2,3)9-6-11(15-4)8(7-14)5-10(9)13;1-11(2,3)8-5-10(14)7(6-13)4-9(8)12;1-5-3-6(2)4;1-2-3;2*2-1-4-3;2-1(3)4;;;;;;;/h4-11H,12-13H2,1-3H3,(H,23,24);7,9H,6,8H2,1-5H3;7-9H,1-6H3;6,8,16H,5,7H2,1-4H3;5-7H,1-4H3;4-6,14H,1-3H3;3H2,1-2H3;3H,2H2,1H3;2*1,3H;;1H;;;;;;/q;;;;;;;;;;;;4*+1;2*-1/p-2/b;;14-8+;;;;;;;;;;;;;;;. The molecule has 0 fully saturated rings. The van der Waals surface area contributed by atoms with E-state index in [1.54, 1.807) is 103 Å². The Kier molecular flexibility index (Phi) is 89.5. The number of phenolic OH excluding ortho intramolecular Hbond substituents is 2. The number of benzene rings is 7. The number of hydrogen-bond acceptors (Lipinski definition) is 25. The summed E-state index contributed by atoms with van der Waals surface area (Å²) in [5, 5.41) is 52.3. The number of aliphatic hydroxyl groups excluding tert-OH is 1. The minimum atomic E-state index is -1.02. The van der Waals surface area contributed by atoms with Crippen LogP contribution in [0.1, 0.15) is 225 Å². The molecule has 4 N–H and O–H groups in total. The maximum absolute atomic E-state index is 11.9. The number of aliphatic hydroxyl groups is 1. The number of ether oxygens (including phenoxy) is 6. The minimum absolute atomic E-state index is 0. The Morgan fingerprint density at radius 2 is 0.913 bits per heavy atom. The van der Waals surface area contributed by atoms with Crippen molar-refractivity contribution in [1.82, 2.24) is 5.32 Å². The second-order valence-electron chi connectivity index (χ2n) is 33.8. The van der Waals surface area contributed by atoms with E-state index in [1.807, 2.05) is 129 Å². The maximum Gasteiger partial charge on any atom is 1.00 e. The smallest absolute Gasteiger partial charge is 1.00 e. The van der Waals surface area contributed by atoms with Crippen molar-refractivity contribution in [3.05, 3.63) is 206 Å². The molecule has 7 aromatic carbocycles. The van der Waals surface area contributed by atoms with Crippen LogP contribution < -0.4 is 236 Å². The fourth-order valence-electron chi connectivity index (χ4n) is 11.0. The van der Waals surface area contributed by atoms with Crippen molar-refractivity contribution >= 4 is 243 Å². The Hall–Kier alpha value is 0.460. The molecule has 0 saturated heterocycles. The molecule has 1 amide bonds. The number of alkyl halides is 1. The topological polar surface area (TPSA) is 359 Å². The number of phenols is 2. The summed E-state index contributed by atoms with van der Waals surface area (Å²) >= 11 is 46.9. The first kappa shape index (κ1) is 154. The second-order valence-corrected chi connectivity index (χ2v) is 48.0. The largest absolute Gasteiger partial charge is 1.00 e. The number of hydrogen-bond donors (Lipinski definition) is 4. The Bertz CT molecular complexity index is 5060. The van der Waals surface area contributed by atoms with Gasteiger partial charge < -0.3 is 76.6 Å². The first-order valence-corrected chi connectivity index (χ1v) is 52.1. The number of thioether (sulfide) groups is 2. The second kappa shape index (κ2) is 80.4. The third kappa shape index (κ3) is 64.2. The maximum atomic E-state index is 11.9. The van der Waals surface area contributed by atoms with Crippen LogP contribution in [0.4, 0.5) is 4.79 Å². The molecule has 0 radical (unpaired) electrons. The van der Waals surface area contributed by atoms with Gasteiger partial charge in [-0.3, -0.25) is 37.2 Å². The molecule has 8 rings (SSSR count). The van der Waals surface area contributed by atoms with E-state index >= 15 is 0 Å². The number of methoxy groups -OCH3 is 3. The number of amides is 1. The van der Waals surface area contributed by atoms with Gasteiger partial charge in [-0.1, -0.05) is 196 Å². The molecule has 138 heavy (non-hydrogen) atoms. The summed E-state index contributed by atoms with van der Waals surface area (Å²) in [6.07, 6.45) is 11.9. The SMILES string of the molecule is BrB(Br)Br.CC(C)(C)OC(=O)NCc1cccc(-c2cc(CBr)cc3ccoc23)c1.CC(C)(C)c1cc(O)c(C=O)cc1Cl.CCO.CCOC(=O)Cc1cc(Cl)c(C(C)(C)C)cc1O.CCOC(=O)Cc1cc(Cl)c(C(C)(C)C)cc1OC.COc1cc(C(C)(C)C)c(Cl)cc1/C=C(\SC)S(C)=O.COc1cc(C(C)(C)C)c(Cl)cc1C=O.CSCS(C)=O.Cl.O=CO[O-].O=CO[O-].[H-].[H-].[K+].[K+].[K+].[K+]. The molecular weight excluding hydrogens is 2350 g/mol. The first-order valence-electron chi connectivity index (χ1n) is 40.5. The van der Waals surface area contributed by atoms with Gasteiger partial charge in [0, 0.05) is 94.5 Å². The number of rotatable bonds is 22. The van der Waals surface area contributed by atoms with E-state index in [0.717, 1.165) is 93.3 Å². The van der Waals surface area contributed by atoms with Crippen molar-refractivity contribution < 1.29 is 319 Å². The molecule has 0 saturated carbocycles. The van der Waals surface area contributed by atoms with Gasteiger partial charge in [0.15, 0.2) is 12.6 Å². The summed E-state index contributed by atoms with van der Waals surface area (Å²) in [6.45, 7) is 42.5. The number of halogens is 10. The number of aromatic hydroxyl groups is 2. The zero-order valence-electron chi connectivity index (χ0n) is 87.0. The van der Waals surface area contributed by atoms with E-state index in [1.165, 1.54) is 23.4 Å². The molecule has 2 unspecified atom stereocenters. The molecule has 24 nitrogen and oxygen atoms in total. The van der Waals surface area contributed by atoms with Gasteiger partial charge in [0.1, 0.15) is 39.9 Å². The Labute approximate surface area is 1070 Å². The molecule has 0 spiro atoms. The normalized spacial score (nSPS) is 10.9. The fraction of sp³-hybridized carbons (Fsp3) is 0.442. The molecule has 754 valence electrons. The number of aldehydes is 2. The Balaban J connectivity index is -0.000000173. The van der Waals surface area contributed by atoms with E-state index in [9.17, 15) is 42.6 Å². The molecule has 0 bridgehead atoms. The molecule has 2 atom stereocenters. The average molecular weight is 2480 g/mol. The summed E-state index contributed by atoms with van der Waals surface area (Å²) in [4.78, 5) is 78.6. The van der Waals surface area contributed by atoms with Crippen LogP contribution in [0.5, 0.6) is 28.7 Å². The van der Waals surface area contributed by atoms with Crippen LogP contribution in [-0.4, -0.2) is 147 Å². The van der Waals surface area contributed by atoms with Crippen LogP contribution in [0.2, 0.25) is 25.1 Å². The monoisotopic (exact) mass is 2470 g/mol. The van der Waals surface area contributed by atoms with Crippen LogP contribution in [-0.2, 0) is 117 Å². The van der Waals surface area contributed by atoms with Gasteiger partial charge >= 0.3 is 227 Å². The summed E-state index contributed by atoms with van der Waals surface area (Å²) in [5.74, 6) is 1.40. The van der Waals surface area contributed by atoms with E-state index < -0.39 is 33.3 Å². The van der Waals surface area contributed by atoms with E-state index in [-0.39, 0.29) is 312 Å². The van der Waals surface area contributed by atoms with Crippen molar-refractivity contribution in [3.63, 3.8) is 0 Å². The van der Waals surface area contributed by atoms with Gasteiger partial charge in [-0.2, -0.15) is 11.8 Å². The number of carbonyl (C=O) groups is 7. The summed E-state index contributed by atoms with van der Waals surface area (Å²) in [5.41, 5.74) is 11.7. The van der Waals surface area contributed by atoms with Crippen LogP contribution >= 0.6 is 157 Å². The number of nitrogens with one attached hydrogen (secondary N) is 1. The zero-order valence-corrected chi connectivity index (χ0v) is 112. The molecule has 0 aliphatic rings. The van der Waals surface area contributed by atoms with Gasteiger partial charge in [0.05, 0.1) is 84.9 Å². The predicted molar refractivity (Wildman–Crippen MR) is 570 cm³/mol. The van der Waals surface area contributed by atoms with Crippen LogP contribution in [0.15, 0.2) is 118 Å². The van der Waals surface area contributed by atoms with Gasteiger partial charge in [-0.05, 0) is 217 Å². The summed E-state index contributed by atoms with van der Waals surface area (Å²) < 4.78 is 59.5. The van der Waals surface area contributed by atoms with Crippen molar-refractivity contribution in [1.29, 1.82) is 0 Å². The number of fused-ring (bicyclic) bond motifs is 1. The molecule has 1 aromatic heterocycles. The molecule has 0 aliphatic carbocycles. The first-order chi connectivity index (χ1) is 61.6. The van der Waals surface area contributed by atoms with Gasteiger partial charge in [-0.15, -0.1) is 71.4 Å². The summed E-state index contributed by atoms with van der Waals surface area (Å²) in [7, 11) is 3.15. The number of furan rings is 1. The van der Waals surface area contributed by atoms with Crippen LogP contribution in [0.3, 0.4) is 0 Å². The molecule has 1 heterocycles.